The van der Waals surface area contributed by atoms with Crippen molar-refractivity contribution in [1.29, 1.82) is 0 Å². The number of carbonyl (C=O) groups excluding carboxylic acids is 5. The number of hydrogen-bond donors (Lipinski definition) is 2. The molecule has 1 aliphatic heterocycles. The Morgan fingerprint density at radius 1 is 0.789 bits per heavy atom. The van der Waals surface area contributed by atoms with Gasteiger partial charge in [-0.15, -0.1) is 0 Å². The number of Topliss-reactive ketones (excluding diaryl/α,β-unsaturated/α-hetero) is 3. The molecule has 1 rings (SSSR count). The molecule has 0 bridgehead atoms. The Balaban J connectivity index is -0.000000258. The highest BCUT2D eigenvalue weighted by atomic mass is 16.2. The molecule has 1 aliphatic rings. The Morgan fingerprint density at radius 2 is 1.26 bits per heavy atom. The second-order valence-electron chi connectivity index (χ2n) is 8.77. The molecule has 0 spiro atoms. The third-order valence-corrected chi connectivity index (χ3v) is 5.60. The molecular formula is C30H61N3O5. The second-order valence-corrected chi connectivity index (χ2v) is 8.77. The molecule has 0 aromatic rings. The van der Waals surface area contributed by atoms with Crippen molar-refractivity contribution < 1.29 is 24.0 Å². The number of piperidine rings is 1. The Bertz CT molecular complexity index is 627. The summed E-state index contributed by atoms with van der Waals surface area (Å²) in [6.45, 7) is 25.4. The number of amides is 2. The van der Waals surface area contributed by atoms with Crippen LogP contribution in [0.3, 0.4) is 0 Å². The van der Waals surface area contributed by atoms with Crippen molar-refractivity contribution >= 4 is 29.2 Å². The molecule has 0 unspecified atom stereocenters. The number of ketones is 3. The van der Waals surface area contributed by atoms with Crippen LogP contribution in [0.5, 0.6) is 0 Å². The van der Waals surface area contributed by atoms with Gasteiger partial charge in [0, 0.05) is 38.1 Å². The lowest BCUT2D eigenvalue weighted by atomic mass is 9.90. The molecule has 38 heavy (non-hydrogen) atoms. The highest BCUT2D eigenvalue weighted by Gasteiger charge is 2.22. The van der Waals surface area contributed by atoms with Gasteiger partial charge in [0.1, 0.15) is 23.4 Å². The van der Waals surface area contributed by atoms with E-state index >= 15 is 0 Å². The van der Waals surface area contributed by atoms with E-state index in [9.17, 15) is 24.0 Å². The first-order chi connectivity index (χ1) is 18.0. The molecule has 0 aliphatic carbocycles. The predicted octanol–water partition coefficient (Wildman–Crippen LogP) is 5.51. The van der Waals surface area contributed by atoms with E-state index in [0.29, 0.717) is 30.6 Å². The summed E-state index contributed by atoms with van der Waals surface area (Å²) in [4.78, 5) is 58.3. The van der Waals surface area contributed by atoms with E-state index in [0.717, 1.165) is 6.42 Å². The van der Waals surface area contributed by atoms with Crippen LogP contribution in [0.1, 0.15) is 128 Å². The lowest BCUT2D eigenvalue weighted by Gasteiger charge is -2.34. The first-order valence-corrected chi connectivity index (χ1v) is 14.8. The Hall–Kier alpha value is -2.09. The molecule has 0 aromatic carbocycles. The first kappa shape index (κ1) is 43.0. The van der Waals surface area contributed by atoms with Gasteiger partial charge < -0.3 is 15.5 Å². The molecule has 0 radical (unpaired) electrons. The van der Waals surface area contributed by atoms with Crippen molar-refractivity contribution in [3.63, 3.8) is 0 Å². The van der Waals surface area contributed by atoms with Crippen LogP contribution in [0.15, 0.2) is 0 Å². The maximum Gasteiger partial charge on any atom is 0.242 e. The Morgan fingerprint density at radius 3 is 1.66 bits per heavy atom. The van der Waals surface area contributed by atoms with E-state index in [4.69, 9.17) is 0 Å². The monoisotopic (exact) mass is 543 g/mol. The van der Waals surface area contributed by atoms with Gasteiger partial charge in [-0.25, -0.2) is 0 Å². The summed E-state index contributed by atoms with van der Waals surface area (Å²) in [7, 11) is 0. The molecule has 1 saturated heterocycles. The lowest BCUT2D eigenvalue weighted by molar-refractivity contribution is -0.130. The molecule has 0 saturated carbocycles. The molecule has 1 heterocycles. The van der Waals surface area contributed by atoms with Crippen LogP contribution >= 0.6 is 0 Å². The molecule has 8 heteroatoms. The molecule has 1 fully saturated rings. The highest BCUT2D eigenvalue weighted by Crippen LogP contribution is 2.22. The minimum atomic E-state index is -0.714. The average molecular weight is 544 g/mol. The minimum absolute atomic E-state index is 0.0128. The lowest BCUT2D eigenvalue weighted by Crippen LogP contribution is -2.45. The Labute approximate surface area is 234 Å². The third-order valence-electron chi connectivity index (χ3n) is 5.60. The SMILES string of the molecule is CC.CC.CC.CCC(=O)CC1CCN(C(C)C)CC1.CCC(=O)CCC(=O)N[C@@H](C)C(=O)NCC(C)=O. The van der Waals surface area contributed by atoms with Gasteiger partial charge in [-0.2, -0.15) is 0 Å². The summed E-state index contributed by atoms with van der Waals surface area (Å²) in [5.74, 6) is 0.197. The van der Waals surface area contributed by atoms with Crippen LogP contribution in [0.2, 0.25) is 0 Å². The van der Waals surface area contributed by atoms with E-state index in [1.54, 1.807) is 6.92 Å². The fraction of sp³-hybridized carbons (Fsp3) is 0.833. The number of likely N-dealkylation sites (tertiary alicyclic amines) is 1. The van der Waals surface area contributed by atoms with Crippen LogP contribution in [0.4, 0.5) is 0 Å². The van der Waals surface area contributed by atoms with E-state index in [-0.39, 0.29) is 36.9 Å². The van der Waals surface area contributed by atoms with E-state index in [1.807, 2.05) is 48.5 Å². The van der Waals surface area contributed by atoms with Crippen LogP contribution in [0.25, 0.3) is 0 Å². The molecular weight excluding hydrogens is 482 g/mol. The number of hydrogen-bond acceptors (Lipinski definition) is 6. The zero-order chi connectivity index (χ0) is 30.7. The maximum atomic E-state index is 11.4. The Kier molecular flexibility index (Phi) is 33.3. The minimum Gasteiger partial charge on any atom is -0.347 e. The fourth-order valence-corrected chi connectivity index (χ4v) is 3.31. The van der Waals surface area contributed by atoms with Gasteiger partial charge in [0.25, 0.3) is 0 Å². The molecule has 2 amide bonds. The zero-order valence-corrected chi connectivity index (χ0v) is 26.8. The van der Waals surface area contributed by atoms with Gasteiger partial charge in [-0.3, -0.25) is 24.0 Å². The van der Waals surface area contributed by atoms with Crippen LogP contribution in [-0.2, 0) is 24.0 Å². The van der Waals surface area contributed by atoms with Crippen molar-refractivity contribution in [2.45, 2.75) is 140 Å². The summed E-state index contributed by atoms with van der Waals surface area (Å²) >= 11 is 0. The van der Waals surface area contributed by atoms with Gasteiger partial charge in [0.15, 0.2) is 0 Å². The standard InChI is InChI=1S/C12H20N2O4.C12H23NO.3C2H6/c1-4-10(16)5-6-11(17)14-9(3)12(18)13-7-8(2)15;1-4-12(14)9-11-5-7-13(8-6-11)10(2)3;3*1-2/h9H,4-7H2,1-3H3,(H,13,18)(H,14,17);10-11H,4-9H2,1-3H3;3*1-2H3/t9-;;;;/m0..../s1. The topological polar surface area (TPSA) is 113 Å². The number of rotatable bonds is 12. The molecule has 2 N–H and O–H groups in total. The first-order valence-electron chi connectivity index (χ1n) is 14.8. The number of nitrogens with one attached hydrogen (secondary N) is 2. The van der Waals surface area contributed by atoms with E-state index < -0.39 is 11.9 Å². The van der Waals surface area contributed by atoms with Crippen LogP contribution < -0.4 is 10.6 Å². The van der Waals surface area contributed by atoms with Gasteiger partial charge in [-0.1, -0.05) is 55.4 Å². The van der Waals surface area contributed by atoms with Crippen molar-refractivity contribution in [2.75, 3.05) is 19.6 Å². The largest absolute Gasteiger partial charge is 0.347 e. The summed E-state index contributed by atoms with van der Waals surface area (Å²) in [6.07, 6.45) is 4.63. The summed E-state index contributed by atoms with van der Waals surface area (Å²) < 4.78 is 0. The summed E-state index contributed by atoms with van der Waals surface area (Å²) in [5, 5.41) is 4.86. The number of carbonyl (C=O) groups is 5. The van der Waals surface area contributed by atoms with Crippen molar-refractivity contribution in [3.05, 3.63) is 0 Å². The van der Waals surface area contributed by atoms with Crippen molar-refractivity contribution in [1.82, 2.24) is 15.5 Å². The maximum absolute atomic E-state index is 11.4. The number of nitrogens with zero attached hydrogens (tertiary/aromatic N) is 1. The third kappa shape index (κ3) is 25.6. The van der Waals surface area contributed by atoms with Crippen molar-refractivity contribution in [3.8, 4) is 0 Å². The second kappa shape index (κ2) is 29.5. The summed E-state index contributed by atoms with van der Waals surface area (Å²) in [6, 6.07) is -0.0496. The van der Waals surface area contributed by atoms with Crippen LogP contribution in [0, 0.1) is 5.92 Å². The molecule has 8 nitrogen and oxygen atoms in total. The quantitative estimate of drug-likeness (QED) is 0.336. The van der Waals surface area contributed by atoms with Gasteiger partial charge >= 0.3 is 0 Å². The van der Waals surface area contributed by atoms with E-state index in [2.05, 4.69) is 29.4 Å². The predicted molar refractivity (Wildman–Crippen MR) is 159 cm³/mol. The smallest absolute Gasteiger partial charge is 0.242 e. The average Bonchev–Trinajstić information content (AvgIpc) is 2.94. The highest BCUT2D eigenvalue weighted by molar-refractivity contribution is 5.91. The van der Waals surface area contributed by atoms with Gasteiger partial charge in [0.2, 0.25) is 11.8 Å². The van der Waals surface area contributed by atoms with Crippen LogP contribution in [-0.4, -0.2) is 65.8 Å². The normalized spacial score (nSPS) is 13.4. The van der Waals surface area contributed by atoms with Gasteiger partial charge in [0.05, 0.1) is 6.54 Å². The zero-order valence-electron chi connectivity index (χ0n) is 26.8. The van der Waals surface area contributed by atoms with E-state index in [1.165, 1.54) is 39.8 Å². The summed E-state index contributed by atoms with van der Waals surface area (Å²) in [5.41, 5.74) is 0. The molecule has 226 valence electrons. The fourth-order valence-electron chi connectivity index (χ4n) is 3.31. The van der Waals surface area contributed by atoms with Gasteiger partial charge in [-0.05, 0) is 59.5 Å². The van der Waals surface area contributed by atoms with Crippen molar-refractivity contribution in [2.24, 2.45) is 5.92 Å². The molecule has 1 atom stereocenters. The molecule has 0 aromatic heterocycles.